The molecule has 1 amide bonds. The van der Waals surface area contributed by atoms with Crippen LogP contribution in [-0.2, 0) is 49.6 Å². The van der Waals surface area contributed by atoms with E-state index in [9.17, 15) is 18.1 Å². The van der Waals surface area contributed by atoms with Crippen molar-refractivity contribution in [2.24, 2.45) is 9.98 Å². The molecule has 5 N–H and O–H groups in total. The van der Waals surface area contributed by atoms with Crippen LogP contribution in [0.1, 0.15) is 6.23 Å². The van der Waals surface area contributed by atoms with Crippen LogP contribution in [0.25, 0.3) is 11.2 Å². The van der Waals surface area contributed by atoms with Crippen molar-refractivity contribution in [3.8, 4) is 0 Å². The highest BCUT2D eigenvalue weighted by Crippen LogP contribution is 2.47. The first-order chi connectivity index (χ1) is 21.3. The fourth-order valence-electron chi connectivity index (χ4n) is 5.37. The van der Waals surface area contributed by atoms with E-state index in [1.807, 2.05) is 0 Å². The van der Waals surface area contributed by atoms with Crippen molar-refractivity contribution in [2.75, 3.05) is 18.9 Å². The maximum Gasteiger partial charge on any atom is 0.336 e. The summed E-state index contributed by atoms with van der Waals surface area (Å²) in [5.41, 5.74) is 6.04. The Morgan fingerprint density at radius 1 is 1.16 bits per heavy atom. The lowest BCUT2D eigenvalue weighted by Gasteiger charge is -2.34. The maximum absolute atomic E-state index is 15.9. The van der Waals surface area contributed by atoms with E-state index in [4.69, 9.17) is 45.7 Å². The van der Waals surface area contributed by atoms with E-state index >= 15 is 8.78 Å². The van der Waals surface area contributed by atoms with E-state index in [-0.39, 0.29) is 22.8 Å². The summed E-state index contributed by atoms with van der Waals surface area (Å²) >= 11 is 4.99. The Hall–Kier alpha value is -3.19. The van der Waals surface area contributed by atoms with Gasteiger partial charge in [0.05, 0.1) is 19.3 Å². The molecule has 3 saturated heterocycles. The van der Waals surface area contributed by atoms with Crippen LogP contribution < -0.4 is 20.7 Å². The zero-order valence-electron chi connectivity index (χ0n) is 22.2. The number of anilines is 1. The summed E-state index contributed by atoms with van der Waals surface area (Å²) < 4.78 is 88.2. The molecule has 10 atom stereocenters. The fourth-order valence-corrected chi connectivity index (χ4v) is 7.75. The third kappa shape index (κ3) is 5.39. The van der Waals surface area contributed by atoms with Crippen LogP contribution >= 0.6 is 6.72 Å². The van der Waals surface area contributed by atoms with Crippen LogP contribution in [0.3, 0.4) is 0 Å². The number of amidine groups is 1. The van der Waals surface area contributed by atoms with Gasteiger partial charge in [-0.2, -0.15) is 18.1 Å². The molecule has 3 fully saturated rings. The number of guanidine groups is 1. The van der Waals surface area contributed by atoms with Gasteiger partial charge < -0.3 is 29.1 Å². The number of aliphatic imine (C=N–C) groups is 2. The first-order valence-corrected chi connectivity index (χ1v) is 16.9. The van der Waals surface area contributed by atoms with Crippen molar-refractivity contribution in [3.63, 3.8) is 0 Å². The minimum atomic E-state index is -4.80. The van der Waals surface area contributed by atoms with Crippen LogP contribution in [0.5, 0.6) is 0 Å². The number of ether oxygens (including phenoxy) is 2. The monoisotopic (exact) mass is 692 g/mol. The van der Waals surface area contributed by atoms with E-state index in [2.05, 4.69) is 35.0 Å². The number of nitrogens with two attached hydrogens (primary N) is 1. The molecular formula is C20H21F2N11O9PS2-. The van der Waals surface area contributed by atoms with Crippen molar-refractivity contribution in [1.29, 1.82) is 5.41 Å². The molecule has 2 aromatic rings. The number of aromatic nitrogens is 4. The summed E-state index contributed by atoms with van der Waals surface area (Å²) in [5, 5.41) is 9.84. The third-order valence-electron chi connectivity index (χ3n) is 7.38. The first-order valence-electron chi connectivity index (χ1n) is 13.0. The number of halogens is 2. The van der Waals surface area contributed by atoms with Gasteiger partial charge in [-0.15, -0.1) is 0 Å². The number of amides is 1. The normalized spacial score (nSPS) is 39.8. The molecule has 2 aromatic heterocycles. The van der Waals surface area contributed by atoms with Crippen molar-refractivity contribution >= 4 is 69.9 Å². The molecule has 7 heterocycles. The second-order valence-corrected chi connectivity index (χ2v) is 14.3. The molecule has 5 aliphatic heterocycles. The molecule has 242 valence electrons. The van der Waals surface area contributed by atoms with Gasteiger partial charge in [0.15, 0.2) is 48.1 Å². The minimum absolute atomic E-state index is 0.0120. The van der Waals surface area contributed by atoms with Gasteiger partial charge in [0.1, 0.15) is 43.0 Å². The van der Waals surface area contributed by atoms with Crippen LogP contribution in [0, 0.1) is 5.41 Å². The van der Waals surface area contributed by atoms with Crippen LogP contribution in [-0.4, -0.2) is 119 Å². The Balaban J connectivity index is 1.14. The van der Waals surface area contributed by atoms with Crippen LogP contribution in [0.2, 0.25) is 0 Å². The molecule has 2 unspecified atom stereocenters. The Morgan fingerprint density at radius 3 is 2.71 bits per heavy atom. The van der Waals surface area contributed by atoms with Gasteiger partial charge in [0.25, 0.3) is 5.91 Å². The number of nitrogens with one attached hydrogen (secondary N) is 3. The minimum Gasteiger partial charge on any atom is -0.780 e. The topological polar surface area (TPSA) is 266 Å². The number of fused-ring (bicyclic) bond motifs is 4. The average molecular weight is 693 g/mol. The van der Waals surface area contributed by atoms with Crippen molar-refractivity contribution in [3.05, 3.63) is 12.7 Å². The highest BCUT2D eigenvalue weighted by molar-refractivity contribution is 8.06. The molecular weight excluding hydrogens is 671 g/mol. The van der Waals surface area contributed by atoms with Crippen LogP contribution in [0.15, 0.2) is 22.6 Å². The third-order valence-corrected chi connectivity index (χ3v) is 9.92. The highest BCUT2D eigenvalue weighted by atomic mass is 32.5. The summed E-state index contributed by atoms with van der Waals surface area (Å²) in [4.78, 5) is 46.2. The number of alkyl halides is 2. The Morgan fingerprint density at radius 2 is 1.91 bits per heavy atom. The predicted molar refractivity (Wildman–Crippen MR) is 146 cm³/mol. The van der Waals surface area contributed by atoms with Crippen molar-refractivity contribution < 1.29 is 49.6 Å². The second-order valence-electron chi connectivity index (χ2n) is 10.2. The standard InChI is InChI=1S/C20H22F2N11O9PS2/c21-8-12-6(39-18(8)32-4-27-10-14(23)25-3-26-15(10)32)1-29-45(36,37)42-13-7(2-38-43(35,44)41-12)40-19(9(13)22)33-5-28-11-16(33)30-20(24)31-17(11)34/h3-9,11-13,18-19,29H,1-2H2,(H,35,44)(H2,23,25,26)(H2,24,31,34)/p-1/t6-,7-,8-,9-,11?,12-,13-,18-,19-,43?/m1/s1. The molecule has 20 nitrogen and oxygen atoms in total. The van der Waals surface area contributed by atoms with Gasteiger partial charge in [0, 0.05) is 6.54 Å². The van der Waals surface area contributed by atoms with E-state index in [0.717, 1.165) is 17.6 Å². The SMILES string of the molecule is N=C1N=C2C(N=CN2[C@@H]2O[C@@H]3COP([O-])(=S)O[C@H]4[C@@H](F)[C@H](n5cnc6c(N)ncnc65)O[C@@H]4CNS(=O)(=O)O[C@H]3[C@H]2F)C(=O)N1. The predicted octanol–water partition coefficient (Wildman–Crippen LogP) is -2.90. The van der Waals surface area contributed by atoms with Gasteiger partial charge in [-0.1, -0.05) is 11.8 Å². The number of rotatable bonds is 2. The summed E-state index contributed by atoms with van der Waals surface area (Å²) in [6.07, 6.45) is -10.9. The lowest BCUT2D eigenvalue weighted by Crippen LogP contribution is -2.52. The molecule has 25 heteroatoms. The number of hydrogen-bond acceptors (Lipinski definition) is 17. The first kappa shape index (κ1) is 30.5. The number of nitrogen functional groups attached to an aromatic ring is 1. The second kappa shape index (κ2) is 11.0. The lowest BCUT2D eigenvalue weighted by atomic mass is 10.1. The Kier molecular flexibility index (Phi) is 7.42. The number of nitrogens with zero attached hydrogens (tertiary/aromatic N) is 7. The Labute approximate surface area is 256 Å². The van der Waals surface area contributed by atoms with Gasteiger partial charge in [0.2, 0.25) is 5.96 Å². The van der Waals surface area contributed by atoms with E-state index in [1.54, 1.807) is 0 Å². The summed E-state index contributed by atoms with van der Waals surface area (Å²) in [6.45, 7) is -6.10. The number of imidazole rings is 1. The molecule has 5 aliphatic rings. The van der Waals surface area contributed by atoms with E-state index in [0.29, 0.717) is 0 Å². The van der Waals surface area contributed by atoms with Crippen molar-refractivity contribution in [2.45, 2.75) is 55.3 Å². The van der Waals surface area contributed by atoms with E-state index < -0.39 is 97.3 Å². The number of carbonyl (C=O) groups is 1. The van der Waals surface area contributed by atoms with Crippen LogP contribution in [0.4, 0.5) is 14.6 Å². The number of carbonyl (C=O) groups excluding carboxylic acids is 1. The molecule has 0 spiro atoms. The van der Waals surface area contributed by atoms with Gasteiger partial charge >= 0.3 is 10.3 Å². The summed E-state index contributed by atoms with van der Waals surface area (Å²) in [7, 11) is -4.80. The van der Waals surface area contributed by atoms with Gasteiger partial charge in [-0.05, 0) is 0 Å². The van der Waals surface area contributed by atoms with Gasteiger partial charge in [-0.25, -0.2) is 27.9 Å². The zero-order valence-corrected chi connectivity index (χ0v) is 24.8. The molecule has 45 heavy (non-hydrogen) atoms. The average Bonchev–Trinajstić information content (AvgIpc) is 3.72. The maximum atomic E-state index is 15.9. The molecule has 0 saturated carbocycles. The van der Waals surface area contributed by atoms with E-state index in [1.165, 1.54) is 10.9 Å². The smallest absolute Gasteiger partial charge is 0.336 e. The largest absolute Gasteiger partial charge is 0.780 e. The summed E-state index contributed by atoms with van der Waals surface area (Å²) in [5.74, 6) is -1.37. The molecule has 0 radical (unpaired) electrons. The molecule has 0 aliphatic carbocycles. The zero-order chi connectivity index (χ0) is 31.8. The quantitative estimate of drug-likeness (QED) is 0.230. The Bertz CT molecular complexity index is 1800. The molecule has 7 rings (SSSR count). The summed E-state index contributed by atoms with van der Waals surface area (Å²) in [6, 6.07) is -1.20. The highest BCUT2D eigenvalue weighted by Gasteiger charge is 2.55. The van der Waals surface area contributed by atoms with Crippen molar-refractivity contribution in [1.82, 2.24) is 34.5 Å². The number of hydrogen-bond donors (Lipinski definition) is 4. The van der Waals surface area contributed by atoms with Gasteiger partial charge in [-0.3, -0.25) is 30.0 Å². The lowest BCUT2D eigenvalue weighted by molar-refractivity contribution is -0.216. The fraction of sp³-hybridized carbons (Fsp3) is 0.550. The molecule has 0 bridgehead atoms. The molecule has 0 aromatic carbocycles.